The Bertz CT molecular complexity index is 389. The Hall–Kier alpha value is -0.0416. The van der Waals surface area contributed by atoms with Crippen molar-refractivity contribution in [3.05, 3.63) is 60.7 Å². The van der Waals surface area contributed by atoms with Gasteiger partial charge >= 0.3 is 118 Å². The normalized spacial score (nSPS) is 11.0. The summed E-state index contributed by atoms with van der Waals surface area (Å²) in [6.07, 6.45) is 0. The fourth-order valence-corrected chi connectivity index (χ4v) is 10.1. The van der Waals surface area contributed by atoms with Gasteiger partial charge in [0, 0.05) is 0 Å². The molecule has 2 aromatic carbocycles. The molecule has 82 valence electrons. The van der Waals surface area contributed by atoms with Gasteiger partial charge < -0.3 is 0 Å². The first-order chi connectivity index (χ1) is 7.79. The third kappa shape index (κ3) is 3.00. The van der Waals surface area contributed by atoms with Gasteiger partial charge in [-0.15, -0.1) is 0 Å². The molecule has 3 heteroatoms. The molecule has 0 unspecified atom stereocenters. The molecule has 0 amide bonds. The van der Waals surface area contributed by atoms with E-state index in [0.29, 0.717) is 2.52 Å². The topological polar surface area (TPSA) is 0 Å². The zero-order valence-electron chi connectivity index (χ0n) is 8.55. The predicted octanol–water partition coefficient (Wildman–Crippen LogP) is 2.95. The van der Waals surface area contributed by atoms with E-state index in [-0.39, 0.29) is 0 Å². The molecule has 0 saturated carbocycles. The molecule has 2 rings (SSSR count). The number of halogens is 2. The van der Waals surface area contributed by atoms with Crippen LogP contribution in [-0.4, -0.2) is 17.2 Å². The fraction of sp³-hybridized carbons (Fsp3) is 0.0769. The van der Waals surface area contributed by atoms with Crippen molar-refractivity contribution in [3.8, 4) is 0 Å². The van der Waals surface area contributed by atoms with Crippen LogP contribution in [0.3, 0.4) is 0 Å². The van der Waals surface area contributed by atoms with E-state index >= 15 is 0 Å². The van der Waals surface area contributed by atoms with Gasteiger partial charge in [-0.1, -0.05) is 0 Å². The molecular weight excluding hydrogens is 391 g/mol. The molecular formula is C13H11AsBr2. The maximum atomic E-state index is 3.70. The van der Waals surface area contributed by atoms with Crippen LogP contribution in [0.4, 0.5) is 0 Å². The molecule has 0 spiro atoms. The SMILES string of the molecule is BrC(Br)[As](c1ccccc1)c1ccccc1. The Morgan fingerprint density at radius 1 is 0.688 bits per heavy atom. The second kappa shape index (κ2) is 6.04. The third-order valence-corrected chi connectivity index (χ3v) is 10.9. The summed E-state index contributed by atoms with van der Waals surface area (Å²) in [5, 5.41) is 0. The Kier molecular flexibility index (Phi) is 4.69. The summed E-state index contributed by atoms with van der Waals surface area (Å²) in [4.78, 5) is 0. The molecule has 0 heterocycles. The van der Waals surface area contributed by atoms with Gasteiger partial charge in [-0.3, -0.25) is 0 Å². The van der Waals surface area contributed by atoms with Gasteiger partial charge in [-0.05, 0) is 0 Å². The molecule has 0 fully saturated rings. The van der Waals surface area contributed by atoms with Crippen LogP contribution in [0.15, 0.2) is 60.7 Å². The maximum absolute atomic E-state index is 3.70. The van der Waals surface area contributed by atoms with Crippen LogP contribution in [0.25, 0.3) is 0 Å². The van der Waals surface area contributed by atoms with Crippen molar-refractivity contribution in [2.24, 2.45) is 0 Å². The zero-order valence-corrected chi connectivity index (χ0v) is 13.6. The van der Waals surface area contributed by atoms with Crippen LogP contribution in [0.1, 0.15) is 0 Å². The first kappa shape index (κ1) is 12.4. The summed E-state index contributed by atoms with van der Waals surface area (Å²) in [6, 6.07) is 21.5. The summed E-state index contributed by atoms with van der Waals surface area (Å²) < 4.78 is 3.30. The molecule has 0 radical (unpaired) electrons. The quantitative estimate of drug-likeness (QED) is 0.548. The van der Waals surface area contributed by atoms with Gasteiger partial charge in [0.15, 0.2) is 0 Å². The molecule has 0 saturated heterocycles. The molecule has 0 aliphatic heterocycles. The Balaban J connectivity index is 2.40. The van der Waals surface area contributed by atoms with Gasteiger partial charge in [0.1, 0.15) is 0 Å². The van der Waals surface area contributed by atoms with Crippen molar-refractivity contribution in [1.82, 2.24) is 0 Å². The molecule has 0 atom stereocenters. The van der Waals surface area contributed by atoms with Crippen LogP contribution in [0, 0.1) is 0 Å². The van der Waals surface area contributed by atoms with E-state index in [1.807, 2.05) is 0 Å². The van der Waals surface area contributed by atoms with Crippen LogP contribution >= 0.6 is 31.9 Å². The van der Waals surface area contributed by atoms with E-state index in [0.717, 1.165) is 0 Å². The summed E-state index contributed by atoms with van der Waals surface area (Å²) >= 11 is 6.12. The van der Waals surface area contributed by atoms with E-state index in [1.165, 1.54) is 8.70 Å². The van der Waals surface area contributed by atoms with E-state index in [1.54, 1.807) is 0 Å². The number of hydrogen-bond acceptors (Lipinski definition) is 0. The number of alkyl halides is 2. The molecule has 16 heavy (non-hydrogen) atoms. The summed E-state index contributed by atoms with van der Waals surface area (Å²) in [7, 11) is 0. The minimum atomic E-state index is -1.27. The van der Waals surface area contributed by atoms with Gasteiger partial charge in [0.05, 0.1) is 0 Å². The second-order valence-electron chi connectivity index (χ2n) is 3.32. The molecule has 0 aliphatic rings. The summed E-state index contributed by atoms with van der Waals surface area (Å²) in [6.45, 7) is 0. The van der Waals surface area contributed by atoms with E-state index in [2.05, 4.69) is 92.5 Å². The predicted molar refractivity (Wildman–Crippen MR) is 79.5 cm³/mol. The van der Waals surface area contributed by atoms with E-state index < -0.39 is 14.7 Å². The standard InChI is InChI=1S/C13H11AsBr2/c15-13(16)14(11-7-3-1-4-8-11)12-9-5-2-6-10-12/h1-10,13H. The van der Waals surface area contributed by atoms with E-state index in [9.17, 15) is 0 Å². The van der Waals surface area contributed by atoms with Crippen molar-refractivity contribution < 1.29 is 0 Å². The summed E-state index contributed by atoms with van der Waals surface area (Å²) in [5.41, 5.74) is 0. The Morgan fingerprint density at radius 3 is 1.38 bits per heavy atom. The molecule has 0 aliphatic carbocycles. The van der Waals surface area contributed by atoms with Crippen LogP contribution in [0.5, 0.6) is 0 Å². The van der Waals surface area contributed by atoms with Crippen LogP contribution in [-0.2, 0) is 0 Å². The first-order valence-electron chi connectivity index (χ1n) is 4.96. The first-order valence-corrected chi connectivity index (χ1v) is 9.75. The van der Waals surface area contributed by atoms with Crippen LogP contribution in [0.2, 0.25) is 0 Å². The minimum absolute atomic E-state index is 0.386. The van der Waals surface area contributed by atoms with E-state index in [4.69, 9.17) is 0 Å². The molecule has 0 bridgehead atoms. The van der Waals surface area contributed by atoms with Crippen molar-refractivity contribution in [2.45, 2.75) is 2.52 Å². The molecule has 0 N–H and O–H groups in total. The Morgan fingerprint density at radius 2 is 1.06 bits per heavy atom. The van der Waals surface area contributed by atoms with Crippen molar-refractivity contribution >= 4 is 55.2 Å². The van der Waals surface area contributed by atoms with Gasteiger partial charge in [-0.2, -0.15) is 0 Å². The average molecular weight is 402 g/mol. The van der Waals surface area contributed by atoms with Crippen LogP contribution < -0.4 is 8.70 Å². The van der Waals surface area contributed by atoms with Gasteiger partial charge in [-0.25, -0.2) is 0 Å². The number of rotatable bonds is 3. The fourth-order valence-electron chi connectivity index (χ4n) is 1.55. The number of benzene rings is 2. The third-order valence-electron chi connectivity index (χ3n) is 2.26. The monoisotopic (exact) mass is 400 g/mol. The molecule has 0 nitrogen and oxygen atoms in total. The zero-order chi connectivity index (χ0) is 11.4. The van der Waals surface area contributed by atoms with Gasteiger partial charge in [0.2, 0.25) is 0 Å². The van der Waals surface area contributed by atoms with Crippen molar-refractivity contribution in [3.63, 3.8) is 0 Å². The average Bonchev–Trinajstić information content (AvgIpc) is 2.31. The number of hydrogen-bond donors (Lipinski definition) is 0. The summed E-state index contributed by atoms with van der Waals surface area (Å²) in [5.74, 6) is 0. The molecule has 2 aromatic rings. The van der Waals surface area contributed by atoms with Crippen molar-refractivity contribution in [2.75, 3.05) is 0 Å². The van der Waals surface area contributed by atoms with Gasteiger partial charge in [0.25, 0.3) is 0 Å². The Labute approximate surface area is 118 Å². The molecule has 0 aromatic heterocycles. The van der Waals surface area contributed by atoms with Crippen molar-refractivity contribution in [1.29, 1.82) is 0 Å². The second-order valence-corrected chi connectivity index (χ2v) is 14.3.